The number of halogens is 1. The quantitative estimate of drug-likeness (QED) is 0.866. The summed E-state index contributed by atoms with van der Waals surface area (Å²) in [7, 11) is 2.07. The minimum absolute atomic E-state index is 0.381. The van der Waals surface area contributed by atoms with Crippen LogP contribution in [-0.4, -0.2) is 31.3 Å². The molecule has 1 aliphatic heterocycles. The van der Waals surface area contributed by atoms with Crippen molar-refractivity contribution in [2.24, 2.45) is 5.73 Å². The highest BCUT2D eigenvalue weighted by atomic mass is 35.5. The standard InChI is InChI=1S/C13H17ClN2OS/c1-16(10-4-6-17-7-5-10)12-3-2-9(14)8-11(12)13(15)18/h2-3,8,10H,4-7H2,1H3,(H2,15,18). The second kappa shape index (κ2) is 5.87. The third-order valence-electron chi connectivity index (χ3n) is 3.34. The summed E-state index contributed by atoms with van der Waals surface area (Å²) in [5, 5.41) is 0.655. The zero-order valence-corrected chi connectivity index (χ0v) is 11.9. The first kappa shape index (κ1) is 13.6. The SMILES string of the molecule is CN(c1ccc(Cl)cc1C(N)=S)C1CCOCC1. The van der Waals surface area contributed by atoms with Gasteiger partial charge in [0.2, 0.25) is 0 Å². The van der Waals surface area contributed by atoms with Crippen LogP contribution in [-0.2, 0) is 4.74 Å². The maximum absolute atomic E-state index is 6.00. The molecule has 0 radical (unpaired) electrons. The van der Waals surface area contributed by atoms with Gasteiger partial charge in [-0.3, -0.25) is 0 Å². The summed E-state index contributed by atoms with van der Waals surface area (Å²) in [5.74, 6) is 0. The molecule has 2 rings (SSSR count). The smallest absolute Gasteiger partial charge is 0.106 e. The molecule has 0 bridgehead atoms. The number of thiocarbonyl (C=S) groups is 1. The van der Waals surface area contributed by atoms with Gasteiger partial charge in [-0.1, -0.05) is 23.8 Å². The van der Waals surface area contributed by atoms with Gasteiger partial charge in [0.05, 0.1) is 0 Å². The molecule has 1 aromatic carbocycles. The molecular formula is C13H17ClN2OS. The third kappa shape index (κ3) is 2.94. The van der Waals surface area contributed by atoms with Crippen LogP contribution >= 0.6 is 23.8 Å². The lowest BCUT2D eigenvalue weighted by Crippen LogP contribution is -2.37. The van der Waals surface area contributed by atoms with E-state index in [1.165, 1.54) is 0 Å². The number of anilines is 1. The Labute approximate surface area is 118 Å². The summed E-state index contributed by atoms with van der Waals surface area (Å²) in [5.41, 5.74) is 7.65. The summed E-state index contributed by atoms with van der Waals surface area (Å²) >= 11 is 11.1. The lowest BCUT2D eigenvalue weighted by Gasteiger charge is -2.34. The van der Waals surface area contributed by atoms with Gasteiger partial charge < -0.3 is 15.4 Å². The molecule has 0 atom stereocenters. The topological polar surface area (TPSA) is 38.5 Å². The number of hydrogen-bond donors (Lipinski definition) is 1. The molecular weight excluding hydrogens is 268 g/mol. The molecule has 3 nitrogen and oxygen atoms in total. The maximum Gasteiger partial charge on any atom is 0.106 e. The van der Waals surface area contributed by atoms with Crippen molar-refractivity contribution < 1.29 is 4.74 Å². The number of hydrogen-bond acceptors (Lipinski definition) is 3. The van der Waals surface area contributed by atoms with Crippen LogP contribution in [0.15, 0.2) is 18.2 Å². The van der Waals surface area contributed by atoms with Crippen LogP contribution in [0.2, 0.25) is 5.02 Å². The largest absolute Gasteiger partial charge is 0.389 e. The fraction of sp³-hybridized carbons (Fsp3) is 0.462. The van der Waals surface area contributed by atoms with Crippen LogP contribution in [0.5, 0.6) is 0 Å². The monoisotopic (exact) mass is 284 g/mol. The Morgan fingerprint density at radius 1 is 1.44 bits per heavy atom. The molecule has 1 fully saturated rings. The first-order valence-corrected chi connectivity index (χ1v) is 6.78. The summed E-state index contributed by atoms with van der Waals surface area (Å²) in [6.07, 6.45) is 2.05. The van der Waals surface area contributed by atoms with Crippen molar-refractivity contribution in [3.05, 3.63) is 28.8 Å². The van der Waals surface area contributed by atoms with Gasteiger partial charge in [0, 0.05) is 42.6 Å². The number of ether oxygens (including phenoxy) is 1. The first-order valence-electron chi connectivity index (χ1n) is 5.99. The maximum atomic E-state index is 6.00. The fourth-order valence-corrected chi connectivity index (χ4v) is 2.62. The van der Waals surface area contributed by atoms with Crippen LogP contribution in [0.4, 0.5) is 5.69 Å². The van der Waals surface area contributed by atoms with E-state index in [2.05, 4.69) is 11.9 Å². The van der Waals surface area contributed by atoms with E-state index < -0.39 is 0 Å². The third-order valence-corrected chi connectivity index (χ3v) is 3.80. The number of rotatable bonds is 3. The average molecular weight is 285 g/mol. The van der Waals surface area contributed by atoms with Crippen molar-refractivity contribution in [1.29, 1.82) is 0 Å². The summed E-state index contributed by atoms with van der Waals surface area (Å²) in [6, 6.07) is 6.14. The highest BCUT2D eigenvalue weighted by molar-refractivity contribution is 7.80. The van der Waals surface area contributed by atoms with Gasteiger partial charge in [-0.25, -0.2) is 0 Å². The number of nitrogens with two attached hydrogens (primary N) is 1. The molecule has 1 aromatic rings. The van der Waals surface area contributed by atoms with Crippen LogP contribution in [0.3, 0.4) is 0 Å². The van der Waals surface area contributed by atoms with Crippen molar-refractivity contribution in [2.75, 3.05) is 25.2 Å². The van der Waals surface area contributed by atoms with Crippen molar-refractivity contribution in [1.82, 2.24) is 0 Å². The Morgan fingerprint density at radius 2 is 2.11 bits per heavy atom. The summed E-state index contributed by atoms with van der Waals surface area (Å²) in [4.78, 5) is 2.61. The highest BCUT2D eigenvalue weighted by Gasteiger charge is 2.21. The van der Waals surface area contributed by atoms with Gasteiger partial charge in [0.25, 0.3) is 0 Å². The van der Waals surface area contributed by atoms with E-state index in [4.69, 9.17) is 34.3 Å². The minimum atomic E-state index is 0.381. The van der Waals surface area contributed by atoms with Gasteiger partial charge in [-0.2, -0.15) is 0 Å². The van der Waals surface area contributed by atoms with E-state index in [1.54, 1.807) is 0 Å². The zero-order valence-electron chi connectivity index (χ0n) is 10.4. The van der Waals surface area contributed by atoms with Crippen molar-refractivity contribution >= 4 is 34.5 Å². The average Bonchev–Trinajstić information content (AvgIpc) is 2.39. The van der Waals surface area contributed by atoms with E-state index in [0.717, 1.165) is 37.3 Å². The fourth-order valence-electron chi connectivity index (χ4n) is 2.28. The van der Waals surface area contributed by atoms with Crippen LogP contribution in [0.25, 0.3) is 0 Å². The molecule has 98 valence electrons. The second-order valence-electron chi connectivity index (χ2n) is 4.48. The predicted molar refractivity (Wildman–Crippen MR) is 79.6 cm³/mol. The lowest BCUT2D eigenvalue weighted by atomic mass is 10.0. The van der Waals surface area contributed by atoms with Gasteiger partial charge in [-0.05, 0) is 31.0 Å². The van der Waals surface area contributed by atoms with E-state index in [1.807, 2.05) is 18.2 Å². The van der Waals surface area contributed by atoms with E-state index in [9.17, 15) is 0 Å². The van der Waals surface area contributed by atoms with Crippen molar-refractivity contribution in [3.8, 4) is 0 Å². The van der Waals surface area contributed by atoms with Crippen LogP contribution in [0, 0.1) is 0 Å². The zero-order chi connectivity index (χ0) is 13.1. The Bertz CT molecular complexity index is 447. The number of benzene rings is 1. The first-order chi connectivity index (χ1) is 8.59. The Morgan fingerprint density at radius 3 is 2.72 bits per heavy atom. The van der Waals surface area contributed by atoms with Crippen molar-refractivity contribution in [2.45, 2.75) is 18.9 Å². The molecule has 0 aromatic heterocycles. The molecule has 0 unspecified atom stereocenters. The summed E-state index contributed by atoms with van der Waals surface area (Å²) in [6.45, 7) is 1.62. The van der Waals surface area contributed by atoms with Crippen LogP contribution < -0.4 is 10.6 Å². The van der Waals surface area contributed by atoms with Crippen molar-refractivity contribution in [3.63, 3.8) is 0 Å². The highest BCUT2D eigenvalue weighted by Crippen LogP contribution is 2.27. The summed E-state index contributed by atoms with van der Waals surface area (Å²) < 4.78 is 5.38. The molecule has 5 heteroatoms. The molecule has 1 aliphatic rings. The Kier molecular flexibility index (Phi) is 4.43. The van der Waals surface area contributed by atoms with Crippen LogP contribution in [0.1, 0.15) is 18.4 Å². The lowest BCUT2D eigenvalue weighted by molar-refractivity contribution is 0.0855. The molecule has 2 N–H and O–H groups in total. The van der Waals surface area contributed by atoms with Gasteiger partial charge in [0.1, 0.15) is 4.99 Å². The molecule has 0 saturated carbocycles. The van der Waals surface area contributed by atoms with Gasteiger partial charge >= 0.3 is 0 Å². The van der Waals surface area contributed by atoms with E-state index in [0.29, 0.717) is 16.1 Å². The van der Waals surface area contributed by atoms with Gasteiger partial charge in [0.15, 0.2) is 0 Å². The molecule has 0 aliphatic carbocycles. The Hall–Kier alpha value is -0.840. The number of nitrogens with zero attached hydrogens (tertiary/aromatic N) is 1. The molecule has 1 saturated heterocycles. The van der Waals surface area contributed by atoms with Gasteiger partial charge in [-0.15, -0.1) is 0 Å². The van der Waals surface area contributed by atoms with E-state index in [-0.39, 0.29) is 0 Å². The molecule has 1 heterocycles. The second-order valence-corrected chi connectivity index (χ2v) is 5.36. The Balaban J connectivity index is 2.28. The van der Waals surface area contributed by atoms with E-state index >= 15 is 0 Å². The minimum Gasteiger partial charge on any atom is -0.389 e. The molecule has 0 amide bonds. The molecule has 18 heavy (non-hydrogen) atoms. The predicted octanol–water partition coefficient (Wildman–Crippen LogP) is 2.59. The normalized spacial score (nSPS) is 16.6. The molecule has 0 spiro atoms.